The van der Waals surface area contributed by atoms with E-state index in [0.29, 0.717) is 19.6 Å². The minimum absolute atomic E-state index is 0.206. The first-order chi connectivity index (χ1) is 8.76. The maximum atomic E-state index is 11.7. The molecular formula is C14H27BrO3. The molecule has 18 heavy (non-hydrogen) atoms. The molecule has 0 fully saturated rings. The number of ether oxygens (including phenoxy) is 2. The normalized spacial score (nSPS) is 12.4. The van der Waals surface area contributed by atoms with E-state index in [9.17, 15) is 4.79 Å². The van der Waals surface area contributed by atoms with Crippen molar-refractivity contribution < 1.29 is 14.3 Å². The van der Waals surface area contributed by atoms with Crippen LogP contribution in [0.2, 0.25) is 0 Å². The van der Waals surface area contributed by atoms with Crippen molar-refractivity contribution in [1.82, 2.24) is 0 Å². The number of esters is 1. The average molecular weight is 323 g/mol. The molecule has 0 bridgehead atoms. The molecule has 0 aliphatic rings. The lowest BCUT2D eigenvalue weighted by Crippen LogP contribution is -2.26. The Bertz CT molecular complexity index is 197. The highest BCUT2D eigenvalue weighted by atomic mass is 79.9. The van der Waals surface area contributed by atoms with Crippen LogP contribution in [-0.4, -0.2) is 30.6 Å². The van der Waals surface area contributed by atoms with Crippen LogP contribution in [-0.2, 0) is 14.3 Å². The molecule has 0 rings (SSSR count). The Labute approximate surface area is 120 Å². The van der Waals surface area contributed by atoms with E-state index in [1.807, 2.05) is 6.92 Å². The van der Waals surface area contributed by atoms with Crippen LogP contribution in [0.15, 0.2) is 0 Å². The first-order valence-electron chi connectivity index (χ1n) is 7.10. The molecule has 0 amide bonds. The second-order valence-corrected chi connectivity index (χ2v) is 5.18. The number of hydrogen-bond donors (Lipinski definition) is 0. The molecule has 0 aromatic rings. The summed E-state index contributed by atoms with van der Waals surface area (Å²) in [6.07, 6.45) is 6.89. The van der Waals surface area contributed by atoms with Crippen molar-refractivity contribution in [3.63, 3.8) is 0 Å². The summed E-state index contributed by atoms with van der Waals surface area (Å²) >= 11 is 3.35. The highest BCUT2D eigenvalue weighted by Crippen LogP contribution is 2.06. The SMILES string of the molecule is CCCCCCOC(CC)C(=O)OCCCCBr. The lowest BCUT2D eigenvalue weighted by atomic mass is 10.2. The van der Waals surface area contributed by atoms with Crippen molar-refractivity contribution in [2.75, 3.05) is 18.5 Å². The summed E-state index contributed by atoms with van der Waals surface area (Å²) in [6, 6.07) is 0. The molecule has 0 radical (unpaired) electrons. The van der Waals surface area contributed by atoms with E-state index < -0.39 is 0 Å². The molecule has 4 heteroatoms. The van der Waals surface area contributed by atoms with Crippen LogP contribution >= 0.6 is 15.9 Å². The maximum absolute atomic E-state index is 11.7. The van der Waals surface area contributed by atoms with Gasteiger partial charge in [0.1, 0.15) is 0 Å². The van der Waals surface area contributed by atoms with E-state index in [0.717, 1.165) is 24.6 Å². The molecule has 1 atom stereocenters. The molecule has 0 aromatic heterocycles. The van der Waals surface area contributed by atoms with Crippen LogP contribution in [0.1, 0.15) is 58.8 Å². The topological polar surface area (TPSA) is 35.5 Å². The third kappa shape index (κ3) is 9.89. The number of alkyl halides is 1. The molecule has 0 saturated heterocycles. The Morgan fingerprint density at radius 2 is 1.78 bits per heavy atom. The van der Waals surface area contributed by atoms with Gasteiger partial charge >= 0.3 is 5.97 Å². The van der Waals surface area contributed by atoms with Crippen LogP contribution in [0.4, 0.5) is 0 Å². The van der Waals surface area contributed by atoms with E-state index in [1.165, 1.54) is 19.3 Å². The lowest BCUT2D eigenvalue weighted by Gasteiger charge is -2.15. The monoisotopic (exact) mass is 322 g/mol. The quantitative estimate of drug-likeness (QED) is 0.308. The maximum Gasteiger partial charge on any atom is 0.335 e. The van der Waals surface area contributed by atoms with E-state index >= 15 is 0 Å². The zero-order valence-corrected chi connectivity index (χ0v) is 13.3. The van der Waals surface area contributed by atoms with Gasteiger partial charge in [-0.05, 0) is 25.7 Å². The van der Waals surface area contributed by atoms with Crippen LogP contribution in [0.25, 0.3) is 0 Å². The Morgan fingerprint density at radius 3 is 2.39 bits per heavy atom. The molecule has 0 N–H and O–H groups in total. The minimum Gasteiger partial charge on any atom is -0.464 e. The zero-order valence-electron chi connectivity index (χ0n) is 11.8. The molecule has 0 aromatic carbocycles. The first kappa shape index (κ1) is 17.9. The van der Waals surface area contributed by atoms with E-state index in [-0.39, 0.29) is 12.1 Å². The molecule has 1 unspecified atom stereocenters. The summed E-state index contributed by atoms with van der Waals surface area (Å²) in [5.41, 5.74) is 0. The van der Waals surface area contributed by atoms with Gasteiger partial charge in [-0.25, -0.2) is 4.79 Å². The molecule has 0 aliphatic heterocycles. The van der Waals surface area contributed by atoms with E-state index in [1.54, 1.807) is 0 Å². The fourth-order valence-corrected chi connectivity index (χ4v) is 1.97. The summed E-state index contributed by atoms with van der Waals surface area (Å²) in [4.78, 5) is 11.7. The predicted octanol–water partition coefficient (Wildman–Crippen LogP) is 4.08. The summed E-state index contributed by atoms with van der Waals surface area (Å²) in [7, 11) is 0. The van der Waals surface area contributed by atoms with Gasteiger partial charge in [0.25, 0.3) is 0 Å². The summed E-state index contributed by atoms with van der Waals surface area (Å²) in [5, 5.41) is 0.954. The minimum atomic E-state index is -0.379. The van der Waals surface area contributed by atoms with Gasteiger partial charge in [-0.2, -0.15) is 0 Å². The lowest BCUT2D eigenvalue weighted by molar-refractivity contribution is -0.157. The Kier molecular flexibility index (Phi) is 13.3. The van der Waals surface area contributed by atoms with Crippen LogP contribution in [0.3, 0.4) is 0 Å². The van der Waals surface area contributed by atoms with Crippen molar-refractivity contribution >= 4 is 21.9 Å². The second kappa shape index (κ2) is 13.3. The van der Waals surface area contributed by atoms with Gasteiger partial charge in [-0.3, -0.25) is 0 Å². The number of hydrogen-bond acceptors (Lipinski definition) is 3. The van der Waals surface area contributed by atoms with E-state index in [4.69, 9.17) is 9.47 Å². The Balaban J connectivity index is 3.62. The summed E-state index contributed by atoms with van der Waals surface area (Å²) in [6.45, 7) is 5.30. The van der Waals surface area contributed by atoms with Crippen molar-refractivity contribution in [3.05, 3.63) is 0 Å². The van der Waals surface area contributed by atoms with Gasteiger partial charge < -0.3 is 9.47 Å². The van der Waals surface area contributed by atoms with Gasteiger partial charge in [0.15, 0.2) is 6.10 Å². The molecule has 108 valence electrons. The Morgan fingerprint density at radius 1 is 1.06 bits per heavy atom. The van der Waals surface area contributed by atoms with Crippen molar-refractivity contribution in [3.8, 4) is 0 Å². The average Bonchev–Trinajstić information content (AvgIpc) is 2.39. The van der Waals surface area contributed by atoms with E-state index in [2.05, 4.69) is 22.9 Å². The standard InChI is InChI=1S/C14H27BrO3/c1-3-5-6-8-11-17-13(4-2)14(16)18-12-9-7-10-15/h13H,3-12H2,1-2H3. The number of unbranched alkanes of at least 4 members (excludes halogenated alkanes) is 4. The Hall–Kier alpha value is -0.0900. The van der Waals surface area contributed by atoms with Gasteiger partial charge in [-0.15, -0.1) is 0 Å². The van der Waals surface area contributed by atoms with Gasteiger partial charge in [-0.1, -0.05) is 49.0 Å². The molecular weight excluding hydrogens is 296 g/mol. The number of halogens is 1. The highest BCUT2D eigenvalue weighted by molar-refractivity contribution is 9.09. The predicted molar refractivity (Wildman–Crippen MR) is 78.2 cm³/mol. The number of carbonyl (C=O) groups is 1. The fraction of sp³-hybridized carbons (Fsp3) is 0.929. The molecule has 0 heterocycles. The largest absolute Gasteiger partial charge is 0.464 e. The van der Waals surface area contributed by atoms with Crippen molar-refractivity contribution in [1.29, 1.82) is 0 Å². The summed E-state index contributed by atoms with van der Waals surface area (Å²) < 4.78 is 10.8. The van der Waals surface area contributed by atoms with Crippen molar-refractivity contribution in [2.45, 2.75) is 64.9 Å². The van der Waals surface area contributed by atoms with Crippen LogP contribution in [0.5, 0.6) is 0 Å². The highest BCUT2D eigenvalue weighted by Gasteiger charge is 2.17. The van der Waals surface area contributed by atoms with Crippen LogP contribution < -0.4 is 0 Å². The van der Waals surface area contributed by atoms with Gasteiger partial charge in [0.2, 0.25) is 0 Å². The van der Waals surface area contributed by atoms with Gasteiger partial charge in [0, 0.05) is 11.9 Å². The number of rotatable bonds is 12. The first-order valence-corrected chi connectivity index (χ1v) is 8.22. The third-order valence-corrected chi connectivity index (χ3v) is 3.28. The summed E-state index contributed by atoms with van der Waals surface area (Å²) in [5.74, 6) is -0.206. The fourth-order valence-electron chi connectivity index (χ4n) is 1.57. The van der Waals surface area contributed by atoms with Crippen LogP contribution in [0, 0.1) is 0 Å². The molecule has 0 aliphatic carbocycles. The molecule has 3 nitrogen and oxygen atoms in total. The molecule has 0 saturated carbocycles. The van der Waals surface area contributed by atoms with Gasteiger partial charge in [0.05, 0.1) is 6.61 Å². The zero-order chi connectivity index (χ0) is 13.6. The third-order valence-electron chi connectivity index (χ3n) is 2.72. The second-order valence-electron chi connectivity index (χ2n) is 4.39. The molecule has 0 spiro atoms. The van der Waals surface area contributed by atoms with Crippen molar-refractivity contribution in [2.24, 2.45) is 0 Å². The smallest absolute Gasteiger partial charge is 0.335 e. The number of carbonyl (C=O) groups excluding carboxylic acids is 1.